The van der Waals surface area contributed by atoms with E-state index in [9.17, 15) is 9.18 Å². The zero-order valence-electron chi connectivity index (χ0n) is 12.4. The van der Waals surface area contributed by atoms with E-state index in [1.54, 1.807) is 29.2 Å². The van der Waals surface area contributed by atoms with Gasteiger partial charge in [-0.05, 0) is 23.3 Å². The normalized spacial score (nSPS) is 10.5. The second kappa shape index (κ2) is 6.87. The zero-order valence-corrected chi connectivity index (χ0v) is 12.4. The first-order valence-electron chi connectivity index (χ1n) is 7.30. The molecule has 116 valence electrons. The van der Waals surface area contributed by atoms with Crippen LogP contribution in [0.2, 0.25) is 0 Å². The van der Waals surface area contributed by atoms with Gasteiger partial charge < -0.3 is 5.32 Å². The van der Waals surface area contributed by atoms with E-state index in [0.717, 1.165) is 5.56 Å². The Morgan fingerprint density at radius 2 is 1.87 bits per heavy atom. The number of nitrogens with zero attached hydrogens (tertiary/aromatic N) is 2. The van der Waals surface area contributed by atoms with E-state index in [1.807, 2.05) is 30.3 Å². The topological polar surface area (TPSA) is 46.9 Å². The van der Waals surface area contributed by atoms with Crippen molar-refractivity contribution in [2.75, 3.05) is 5.32 Å². The number of hydrogen-bond acceptors (Lipinski definition) is 2. The third kappa shape index (κ3) is 4.26. The molecule has 3 aromatic rings. The summed E-state index contributed by atoms with van der Waals surface area (Å²) in [6.45, 7) is 0.639. The number of benzene rings is 2. The van der Waals surface area contributed by atoms with Crippen LogP contribution in [0.15, 0.2) is 67.0 Å². The van der Waals surface area contributed by atoms with Crippen molar-refractivity contribution in [2.45, 2.75) is 13.0 Å². The fourth-order valence-electron chi connectivity index (χ4n) is 2.32. The highest BCUT2D eigenvalue weighted by molar-refractivity contribution is 5.91. The SMILES string of the molecule is O=C(Cc1cccc(F)c1)Nc1cnn(Cc2ccccc2)c1. The van der Waals surface area contributed by atoms with E-state index in [1.165, 1.54) is 12.1 Å². The largest absolute Gasteiger partial charge is 0.323 e. The summed E-state index contributed by atoms with van der Waals surface area (Å²) < 4.78 is 14.9. The lowest BCUT2D eigenvalue weighted by Gasteiger charge is -2.03. The van der Waals surface area contributed by atoms with Gasteiger partial charge in [0.15, 0.2) is 0 Å². The molecule has 0 atom stereocenters. The number of carbonyl (C=O) groups is 1. The fourth-order valence-corrected chi connectivity index (χ4v) is 2.32. The van der Waals surface area contributed by atoms with Gasteiger partial charge >= 0.3 is 0 Å². The Morgan fingerprint density at radius 3 is 2.65 bits per heavy atom. The maximum Gasteiger partial charge on any atom is 0.228 e. The van der Waals surface area contributed by atoms with Crippen molar-refractivity contribution in [3.8, 4) is 0 Å². The minimum absolute atomic E-state index is 0.127. The van der Waals surface area contributed by atoms with E-state index >= 15 is 0 Å². The van der Waals surface area contributed by atoms with Crippen LogP contribution in [0.1, 0.15) is 11.1 Å². The number of hydrogen-bond donors (Lipinski definition) is 1. The molecule has 5 heteroatoms. The lowest BCUT2D eigenvalue weighted by molar-refractivity contribution is -0.115. The Kier molecular flexibility index (Phi) is 4.47. The Morgan fingerprint density at radius 1 is 1.09 bits per heavy atom. The molecule has 0 radical (unpaired) electrons. The van der Waals surface area contributed by atoms with Crippen LogP contribution in [0.3, 0.4) is 0 Å². The zero-order chi connectivity index (χ0) is 16.1. The average molecular weight is 309 g/mol. The maximum atomic E-state index is 13.1. The summed E-state index contributed by atoms with van der Waals surface area (Å²) in [6, 6.07) is 16.0. The van der Waals surface area contributed by atoms with Crippen LogP contribution in [0.5, 0.6) is 0 Å². The van der Waals surface area contributed by atoms with Crippen molar-refractivity contribution in [1.82, 2.24) is 9.78 Å². The van der Waals surface area contributed by atoms with Crippen molar-refractivity contribution >= 4 is 11.6 Å². The summed E-state index contributed by atoms with van der Waals surface area (Å²) >= 11 is 0. The third-order valence-electron chi connectivity index (χ3n) is 3.36. The molecular formula is C18H16FN3O. The quantitative estimate of drug-likeness (QED) is 0.786. The molecule has 0 fully saturated rings. The standard InChI is InChI=1S/C18H16FN3O/c19-16-8-4-7-15(9-16)10-18(23)21-17-11-20-22(13-17)12-14-5-2-1-3-6-14/h1-9,11,13H,10,12H2,(H,21,23). The van der Waals surface area contributed by atoms with E-state index in [-0.39, 0.29) is 18.1 Å². The van der Waals surface area contributed by atoms with Crippen molar-refractivity contribution < 1.29 is 9.18 Å². The molecule has 0 aliphatic rings. The third-order valence-corrected chi connectivity index (χ3v) is 3.36. The van der Waals surface area contributed by atoms with Crippen LogP contribution in [0.25, 0.3) is 0 Å². The first-order chi connectivity index (χ1) is 11.2. The Bertz CT molecular complexity index is 799. The fraction of sp³-hybridized carbons (Fsp3) is 0.111. The molecule has 0 aliphatic heterocycles. The highest BCUT2D eigenvalue weighted by Crippen LogP contribution is 2.10. The van der Waals surface area contributed by atoms with Crippen molar-refractivity contribution in [2.24, 2.45) is 0 Å². The molecular weight excluding hydrogens is 293 g/mol. The monoisotopic (exact) mass is 309 g/mol. The predicted molar refractivity (Wildman–Crippen MR) is 86.5 cm³/mol. The van der Waals surface area contributed by atoms with Gasteiger partial charge in [-0.2, -0.15) is 5.10 Å². The van der Waals surface area contributed by atoms with Crippen LogP contribution in [-0.2, 0) is 17.8 Å². The second-order valence-corrected chi connectivity index (χ2v) is 5.27. The number of anilines is 1. The molecule has 0 aliphatic carbocycles. The van der Waals surface area contributed by atoms with Crippen LogP contribution in [0, 0.1) is 5.82 Å². The summed E-state index contributed by atoms with van der Waals surface area (Å²) in [5.41, 5.74) is 2.40. The molecule has 2 aromatic carbocycles. The van der Waals surface area contributed by atoms with E-state index in [4.69, 9.17) is 0 Å². The first-order valence-corrected chi connectivity index (χ1v) is 7.30. The van der Waals surface area contributed by atoms with Crippen molar-refractivity contribution in [3.05, 3.63) is 83.9 Å². The minimum atomic E-state index is -0.342. The van der Waals surface area contributed by atoms with Gasteiger partial charge in [0.25, 0.3) is 0 Å². The molecule has 0 saturated carbocycles. The van der Waals surface area contributed by atoms with Gasteiger partial charge in [-0.3, -0.25) is 9.48 Å². The molecule has 1 heterocycles. The Labute approximate surface area is 133 Å². The first kappa shape index (κ1) is 15.0. The van der Waals surface area contributed by atoms with Crippen LogP contribution >= 0.6 is 0 Å². The molecule has 0 bridgehead atoms. The number of halogens is 1. The molecule has 1 aromatic heterocycles. The molecule has 1 amide bonds. The molecule has 3 rings (SSSR count). The highest BCUT2D eigenvalue weighted by atomic mass is 19.1. The molecule has 1 N–H and O–H groups in total. The van der Waals surface area contributed by atoms with Gasteiger partial charge in [-0.1, -0.05) is 42.5 Å². The summed E-state index contributed by atoms with van der Waals surface area (Å²) in [5.74, 6) is -0.541. The van der Waals surface area contributed by atoms with E-state index < -0.39 is 0 Å². The molecule has 0 saturated heterocycles. The summed E-state index contributed by atoms with van der Waals surface area (Å²) in [5, 5.41) is 7.00. The van der Waals surface area contributed by atoms with Crippen molar-refractivity contribution in [1.29, 1.82) is 0 Å². The molecule has 4 nitrogen and oxygen atoms in total. The smallest absolute Gasteiger partial charge is 0.228 e. The number of carbonyl (C=O) groups excluding carboxylic acids is 1. The highest BCUT2D eigenvalue weighted by Gasteiger charge is 2.07. The Hall–Kier alpha value is -2.95. The molecule has 0 spiro atoms. The summed E-state index contributed by atoms with van der Waals surface area (Å²) in [6.07, 6.45) is 3.50. The van der Waals surface area contributed by atoms with Gasteiger partial charge in [-0.15, -0.1) is 0 Å². The van der Waals surface area contributed by atoms with E-state index in [2.05, 4.69) is 10.4 Å². The van der Waals surface area contributed by atoms with Gasteiger partial charge in [0.05, 0.1) is 24.8 Å². The Balaban J connectivity index is 1.59. The molecule has 0 unspecified atom stereocenters. The second-order valence-electron chi connectivity index (χ2n) is 5.27. The van der Waals surface area contributed by atoms with Crippen LogP contribution < -0.4 is 5.32 Å². The predicted octanol–water partition coefficient (Wildman–Crippen LogP) is 3.25. The lowest BCUT2D eigenvalue weighted by atomic mass is 10.1. The number of amides is 1. The van der Waals surface area contributed by atoms with Crippen molar-refractivity contribution in [3.63, 3.8) is 0 Å². The van der Waals surface area contributed by atoms with Gasteiger partial charge in [0, 0.05) is 6.20 Å². The van der Waals surface area contributed by atoms with E-state index in [0.29, 0.717) is 17.8 Å². The number of rotatable bonds is 5. The minimum Gasteiger partial charge on any atom is -0.323 e. The summed E-state index contributed by atoms with van der Waals surface area (Å²) in [4.78, 5) is 12.0. The van der Waals surface area contributed by atoms with Crippen LogP contribution in [-0.4, -0.2) is 15.7 Å². The average Bonchev–Trinajstić information content (AvgIpc) is 2.95. The van der Waals surface area contributed by atoms with Gasteiger partial charge in [0.1, 0.15) is 5.82 Å². The van der Waals surface area contributed by atoms with Crippen LogP contribution in [0.4, 0.5) is 10.1 Å². The number of nitrogens with one attached hydrogen (secondary N) is 1. The number of aromatic nitrogens is 2. The summed E-state index contributed by atoms with van der Waals surface area (Å²) in [7, 11) is 0. The van der Waals surface area contributed by atoms with Gasteiger partial charge in [-0.25, -0.2) is 4.39 Å². The maximum absolute atomic E-state index is 13.1. The lowest BCUT2D eigenvalue weighted by Crippen LogP contribution is -2.14. The van der Waals surface area contributed by atoms with Gasteiger partial charge in [0.2, 0.25) is 5.91 Å². The molecule has 23 heavy (non-hydrogen) atoms.